The molecule has 1 amide bonds. The zero-order valence-corrected chi connectivity index (χ0v) is 15.9. The fourth-order valence-electron chi connectivity index (χ4n) is 2.50. The monoisotopic (exact) mass is 400 g/mol. The number of benzene rings is 1. The van der Waals surface area contributed by atoms with Crippen molar-refractivity contribution in [3.05, 3.63) is 62.7 Å². The van der Waals surface area contributed by atoms with Crippen molar-refractivity contribution in [2.24, 2.45) is 0 Å². The molecule has 0 saturated heterocycles. The van der Waals surface area contributed by atoms with Gasteiger partial charge in [0.05, 0.1) is 37.4 Å². The Morgan fingerprint density at radius 2 is 1.89 bits per heavy atom. The van der Waals surface area contributed by atoms with Gasteiger partial charge < -0.3 is 14.8 Å². The molecular weight excluding hydrogens is 384 g/mol. The van der Waals surface area contributed by atoms with E-state index in [1.807, 2.05) is 17.5 Å². The van der Waals surface area contributed by atoms with E-state index in [4.69, 9.17) is 9.47 Å². The predicted molar refractivity (Wildman–Crippen MR) is 103 cm³/mol. The number of nitro groups is 1. The number of hydrogen-bond donors (Lipinski definition) is 1. The SMILES string of the molecule is COc1cc(C(=O)NCc2nc(-c3ccncc3)cs2)c([N+](=O)[O-])cc1OC. The standard InChI is InChI=1S/C18H16N4O5S/c1-26-15-7-12(14(22(24)25)8-16(15)27-2)18(23)20-9-17-21-13(10-28-17)11-3-5-19-6-4-11/h3-8,10H,9H2,1-2H3,(H,20,23). The highest BCUT2D eigenvalue weighted by molar-refractivity contribution is 7.09. The van der Waals surface area contributed by atoms with Crippen LogP contribution in [0, 0.1) is 10.1 Å². The second kappa shape index (κ2) is 8.44. The summed E-state index contributed by atoms with van der Waals surface area (Å²) in [7, 11) is 2.76. The Balaban J connectivity index is 1.78. The van der Waals surface area contributed by atoms with E-state index in [0.29, 0.717) is 5.01 Å². The molecule has 144 valence electrons. The van der Waals surface area contributed by atoms with Gasteiger partial charge in [-0.1, -0.05) is 0 Å². The van der Waals surface area contributed by atoms with E-state index < -0.39 is 10.8 Å². The van der Waals surface area contributed by atoms with Crippen LogP contribution < -0.4 is 14.8 Å². The molecule has 0 aliphatic carbocycles. The van der Waals surface area contributed by atoms with Crippen molar-refractivity contribution in [1.29, 1.82) is 0 Å². The van der Waals surface area contributed by atoms with Crippen LogP contribution in [-0.2, 0) is 6.54 Å². The number of aromatic nitrogens is 2. The first-order valence-corrected chi connectivity index (χ1v) is 8.95. The van der Waals surface area contributed by atoms with Gasteiger partial charge in [-0.15, -0.1) is 11.3 Å². The summed E-state index contributed by atoms with van der Waals surface area (Å²) in [5.74, 6) is -0.201. The molecule has 28 heavy (non-hydrogen) atoms. The maximum Gasteiger partial charge on any atom is 0.286 e. The van der Waals surface area contributed by atoms with Gasteiger partial charge in [0.2, 0.25) is 0 Å². The molecule has 0 radical (unpaired) electrons. The van der Waals surface area contributed by atoms with Crippen LogP contribution in [0.1, 0.15) is 15.4 Å². The number of pyridine rings is 1. The number of nitrogens with one attached hydrogen (secondary N) is 1. The lowest BCUT2D eigenvalue weighted by Crippen LogP contribution is -2.23. The van der Waals surface area contributed by atoms with Crippen LogP contribution in [0.3, 0.4) is 0 Å². The van der Waals surface area contributed by atoms with Gasteiger partial charge in [-0.25, -0.2) is 4.98 Å². The molecular formula is C18H16N4O5S. The van der Waals surface area contributed by atoms with E-state index in [0.717, 1.165) is 11.3 Å². The highest BCUT2D eigenvalue weighted by Crippen LogP contribution is 2.34. The molecule has 0 fully saturated rings. The van der Waals surface area contributed by atoms with Crippen molar-refractivity contribution in [3.8, 4) is 22.8 Å². The summed E-state index contributed by atoms with van der Waals surface area (Å²) in [6, 6.07) is 6.13. The number of carbonyl (C=O) groups excluding carboxylic acids is 1. The van der Waals surface area contributed by atoms with Gasteiger partial charge >= 0.3 is 0 Å². The lowest BCUT2D eigenvalue weighted by atomic mass is 10.1. The predicted octanol–water partition coefficient (Wildman–Crippen LogP) is 3.06. The number of ether oxygens (including phenoxy) is 2. The van der Waals surface area contributed by atoms with Crippen molar-refractivity contribution in [2.75, 3.05) is 14.2 Å². The molecule has 9 nitrogen and oxygen atoms in total. The normalized spacial score (nSPS) is 10.4. The number of rotatable bonds is 7. The topological polar surface area (TPSA) is 116 Å². The Hall–Kier alpha value is -3.53. The van der Waals surface area contributed by atoms with Gasteiger partial charge in [-0.2, -0.15) is 0 Å². The van der Waals surface area contributed by atoms with Crippen LogP contribution in [-0.4, -0.2) is 35.0 Å². The molecule has 0 unspecified atom stereocenters. The molecule has 1 aromatic carbocycles. The Morgan fingerprint density at radius 3 is 2.54 bits per heavy atom. The Morgan fingerprint density at radius 1 is 1.21 bits per heavy atom. The summed E-state index contributed by atoms with van der Waals surface area (Å²) in [6.45, 7) is 0.139. The molecule has 2 heterocycles. The minimum atomic E-state index is -0.637. The number of thiazole rings is 1. The molecule has 3 rings (SSSR count). The number of nitrogens with zero attached hydrogens (tertiary/aromatic N) is 3. The van der Waals surface area contributed by atoms with Crippen molar-refractivity contribution in [2.45, 2.75) is 6.54 Å². The van der Waals surface area contributed by atoms with E-state index >= 15 is 0 Å². The second-order valence-electron chi connectivity index (χ2n) is 5.53. The van der Waals surface area contributed by atoms with Crippen molar-refractivity contribution in [3.63, 3.8) is 0 Å². The molecule has 0 atom stereocenters. The Labute approximate surface area is 164 Å². The van der Waals surface area contributed by atoms with Gasteiger partial charge in [0, 0.05) is 29.4 Å². The van der Waals surface area contributed by atoms with E-state index in [9.17, 15) is 14.9 Å². The maximum atomic E-state index is 12.5. The average molecular weight is 400 g/mol. The Kier molecular flexibility index (Phi) is 5.80. The molecule has 1 N–H and O–H groups in total. The van der Waals surface area contributed by atoms with Crippen LogP contribution in [0.2, 0.25) is 0 Å². The summed E-state index contributed by atoms with van der Waals surface area (Å²) in [5, 5.41) is 16.5. The number of carbonyl (C=O) groups is 1. The van der Waals surface area contributed by atoms with Gasteiger partial charge in [0.1, 0.15) is 10.6 Å². The molecule has 2 aromatic heterocycles. The third-order valence-corrected chi connectivity index (χ3v) is 4.72. The summed E-state index contributed by atoms with van der Waals surface area (Å²) >= 11 is 1.38. The molecule has 0 aliphatic rings. The van der Waals surface area contributed by atoms with Crippen LogP contribution in [0.15, 0.2) is 42.0 Å². The summed E-state index contributed by atoms with van der Waals surface area (Å²) in [5.41, 5.74) is 1.20. The number of hydrogen-bond acceptors (Lipinski definition) is 8. The first-order valence-electron chi connectivity index (χ1n) is 8.07. The van der Waals surface area contributed by atoms with Crippen LogP contribution in [0.4, 0.5) is 5.69 Å². The summed E-state index contributed by atoms with van der Waals surface area (Å²) < 4.78 is 10.2. The fourth-order valence-corrected chi connectivity index (χ4v) is 3.24. The average Bonchev–Trinajstić information content (AvgIpc) is 3.20. The van der Waals surface area contributed by atoms with Crippen LogP contribution in [0.5, 0.6) is 11.5 Å². The van der Waals surface area contributed by atoms with Crippen molar-refractivity contribution >= 4 is 22.9 Å². The largest absolute Gasteiger partial charge is 0.493 e. The van der Waals surface area contributed by atoms with E-state index in [1.54, 1.807) is 12.4 Å². The van der Waals surface area contributed by atoms with Crippen molar-refractivity contribution in [1.82, 2.24) is 15.3 Å². The lowest BCUT2D eigenvalue weighted by molar-refractivity contribution is -0.385. The minimum absolute atomic E-state index is 0.117. The summed E-state index contributed by atoms with van der Waals surface area (Å²) in [6.07, 6.45) is 3.35. The second-order valence-corrected chi connectivity index (χ2v) is 6.47. The molecule has 10 heteroatoms. The van der Waals surface area contributed by atoms with Gasteiger partial charge in [-0.05, 0) is 12.1 Å². The summed E-state index contributed by atoms with van der Waals surface area (Å²) in [4.78, 5) is 31.7. The van der Waals surface area contributed by atoms with Crippen LogP contribution >= 0.6 is 11.3 Å². The minimum Gasteiger partial charge on any atom is -0.493 e. The zero-order chi connectivity index (χ0) is 20.1. The number of nitro benzene ring substituents is 1. The maximum absolute atomic E-state index is 12.5. The number of methoxy groups -OCH3 is 2. The molecule has 3 aromatic rings. The molecule has 0 spiro atoms. The van der Waals surface area contributed by atoms with Crippen molar-refractivity contribution < 1.29 is 19.2 Å². The van der Waals surface area contributed by atoms with Gasteiger partial charge in [-0.3, -0.25) is 19.9 Å². The van der Waals surface area contributed by atoms with Gasteiger partial charge in [0.25, 0.3) is 11.6 Å². The first kappa shape index (κ1) is 19.2. The van der Waals surface area contributed by atoms with E-state index in [-0.39, 0.29) is 29.3 Å². The number of amides is 1. The molecule has 0 bridgehead atoms. The first-order chi connectivity index (χ1) is 13.5. The lowest BCUT2D eigenvalue weighted by Gasteiger charge is -2.10. The van der Waals surface area contributed by atoms with Gasteiger partial charge in [0.15, 0.2) is 11.5 Å². The third-order valence-electron chi connectivity index (χ3n) is 3.87. The fraction of sp³-hybridized carbons (Fsp3) is 0.167. The van der Waals surface area contributed by atoms with E-state index in [1.165, 1.54) is 37.7 Å². The third kappa shape index (κ3) is 4.07. The molecule has 0 aliphatic heterocycles. The van der Waals surface area contributed by atoms with Crippen LogP contribution in [0.25, 0.3) is 11.3 Å². The zero-order valence-electron chi connectivity index (χ0n) is 15.0. The quantitative estimate of drug-likeness (QED) is 0.478. The smallest absolute Gasteiger partial charge is 0.286 e. The highest BCUT2D eigenvalue weighted by atomic mass is 32.1. The van der Waals surface area contributed by atoms with E-state index in [2.05, 4.69) is 15.3 Å². The molecule has 0 saturated carbocycles. The Bertz CT molecular complexity index is 1010. The highest BCUT2D eigenvalue weighted by Gasteiger charge is 2.24.